The van der Waals surface area contributed by atoms with Crippen LogP contribution >= 0.6 is 0 Å². The minimum absolute atomic E-state index is 0.0359. The lowest BCUT2D eigenvalue weighted by molar-refractivity contribution is -0.121. The highest BCUT2D eigenvalue weighted by atomic mass is 19.1. The standard InChI is InChI=1S/C22H21FN6O/c1-13-5-4-6-16-18(13)26-22(25-17-7-2-3-12-24-21(17)30)29-20(16)27-19(28-29)14-8-10-15(23)11-9-14/h4-6,8-11,17H,2-3,7,12H2,1H3,(H,24,30)(H,25,26)/t17-/m1/s1. The first-order valence-electron chi connectivity index (χ1n) is 10.1. The van der Waals surface area contributed by atoms with Crippen molar-refractivity contribution in [3.63, 3.8) is 0 Å². The van der Waals surface area contributed by atoms with Gasteiger partial charge in [-0.05, 0) is 62.1 Å². The molecule has 8 heteroatoms. The van der Waals surface area contributed by atoms with Crippen molar-refractivity contribution in [1.29, 1.82) is 0 Å². The molecule has 1 saturated heterocycles. The average Bonchev–Trinajstić information content (AvgIpc) is 3.10. The number of anilines is 1. The highest BCUT2D eigenvalue weighted by Crippen LogP contribution is 2.26. The van der Waals surface area contributed by atoms with Crippen LogP contribution in [0.4, 0.5) is 10.3 Å². The molecule has 3 heterocycles. The van der Waals surface area contributed by atoms with Crippen LogP contribution in [0.3, 0.4) is 0 Å². The Hall–Kier alpha value is -3.55. The molecule has 0 saturated carbocycles. The number of hydrogen-bond acceptors (Lipinski definition) is 5. The fraction of sp³-hybridized carbons (Fsp3) is 0.273. The molecule has 4 aromatic rings. The Morgan fingerprint density at radius 2 is 1.97 bits per heavy atom. The van der Waals surface area contributed by atoms with Crippen LogP contribution in [0.2, 0.25) is 0 Å². The zero-order chi connectivity index (χ0) is 20.7. The van der Waals surface area contributed by atoms with Crippen molar-refractivity contribution in [2.45, 2.75) is 32.2 Å². The number of nitrogens with zero attached hydrogens (tertiary/aromatic N) is 4. The maximum absolute atomic E-state index is 13.4. The second kappa shape index (κ2) is 7.37. The van der Waals surface area contributed by atoms with Gasteiger partial charge in [0.1, 0.15) is 11.9 Å². The molecule has 1 fully saturated rings. The fourth-order valence-corrected chi connectivity index (χ4v) is 3.82. The number of nitrogens with one attached hydrogen (secondary N) is 2. The molecule has 0 aliphatic carbocycles. The van der Waals surface area contributed by atoms with E-state index in [1.807, 2.05) is 25.1 Å². The molecule has 2 N–H and O–H groups in total. The highest BCUT2D eigenvalue weighted by Gasteiger charge is 2.23. The molecule has 0 radical (unpaired) electrons. The molecule has 1 aliphatic heterocycles. The van der Waals surface area contributed by atoms with Crippen molar-refractivity contribution in [1.82, 2.24) is 24.9 Å². The maximum atomic E-state index is 13.4. The lowest BCUT2D eigenvalue weighted by Crippen LogP contribution is -2.38. The van der Waals surface area contributed by atoms with Gasteiger partial charge in [-0.3, -0.25) is 4.79 Å². The smallest absolute Gasteiger partial charge is 0.242 e. The van der Waals surface area contributed by atoms with Gasteiger partial charge in [-0.25, -0.2) is 14.4 Å². The van der Waals surface area contributed by atoms with Gasteiger partial charge >= 0.3 is 0 Å². The van der Waals surface area contributed by atoms with Crippen molar-refractivity contribution < 1.29 is 9.18 Å². The molecule has 0 bridgehead atoms. The summed E-state index contributed by atoms with van der Waals surface area (Å²) in [5.74, 6) is 0.590. The number of halogens is 1. The molecule has 7 nitrogen and oxygen atoms in total. The van der Waals surface area contributed by atoms with Crippen molar-refractivity contribution >= 4 is 28.4 Å². The molecule has 0 spiro atoms. The Bertz CT molecular complexity index is 1250. The molecule has 1 amide bonds. The minimum atomic E-state index is -0.386. The molecule has 1 aliphatic rings. The summed E-state index contributed by atoms with van der Waals surface area (Å²) in [6.07, 6.45) is 2.63. The second-order valence-corrected chi connectivity index (χ2v) is 7.57. The molecule has 2 aromatic heterocycles. The van der Waals surface area contributed by atoms with E-state index in [1.54, 1.807) is 16.6 Å². The van der Waals surface area contributed by atoms with E-state index in [0.29, 0.717) is 29.5 Å². The normalized spacial score (nSPS) is 17.1. The van der Waals surface area contributed by atoms with Crippen molar-refractivity contribution in [2.24, 2.45) is 0 Å². The van der Waals surface area contributed by atoms with Crippen molar-refractivity contribution in [3.8, 4) is 11.4 Å². The maximum Gasteiger partial charge on any atom is 0.242 e. The van der Waals surface area contributed by atoms with Gasteiger partial charge < -0.3 is 10.6 Å². The summed E-state index contributed by atoms with van der Waals surface area (Å²) in [4.78, 5) is 22.0. The lowest BCUT2D eigenvalue weighted by atomic mass is 10.1. The first kappa shape index (κ1) is 18.5. The van der Waals surface area contributed by atoms with E-state index >= 15 is 0 Å². The summed E-state index contributed by atoms with van der Waals surface area (Å²) in [5.41, 5.74) is 3.16. The molecule has 0 unspecified atom stereocenters. The van der Waals surface area contributed by atoms with E-state index in [9.17, 15) is 9.18 Å². The van der Waals surface area contributed by atoms with Crippen LogP contribution in [0.15, 0.2) is 42.5 Å². The SMILES string of the molecule is Cc1cccc2c1nc(N[C@@H]1CCCCNC1=O)n1nc(-c3ccc(F)cc3)nc21. The van der Waals surface area contributed by atoms with E-state index in [4.69, 9.17) is 9.97 Å². The average molecular weight is 404 g/mol. The zero-order valence-electron chi connectivity index (χ0n) is 16.5. The summed E-state index contributed by atoms with van der Waals surface area (Å²) in [6.45, 7) is 2.68. The largest absolute Gasteiger partial charge is 0.354 e. The number of carbonyl (C=O) groups excluding carboxylic acids is 1. The van der Waals surface area contributed by atoms with E-state index < -0.39 is 0 Å². The topological polar surface area (TPSA) is 84.2 Å². The van der Waals surface area contributed by atoms with Crippen LogP contribution in [0.5, 0.6) is 0 Å². The van der Waals surface area contributed by atoms with Gasteiger partial charge in [0.25, 0.3) is 0 Å². The summed E-state index contributed by atoms with van der Waals surface area (Å²) < 4.78 is 15.0. The number of aromatic nitrogens is 4. The van der Waals surface area contributed by atoms with E-state index in [1.165, 1.54) is 12.1 Å². The van der Waals surface area contributed by atoms with Crippen molar-refractivity contribution in [3.05, 3.63) is 53.8 Å². The molecule has 152 valence electrons. The summed E-state index contributed by atoms with van der Waals surface area (Å²) >= 11 is 0. The molecular weight excluding hydrogens is 383 g/mol. The first-order chi connectivity index (χ1) is 14.6. The number of hydrogen-bond donors (Lipinski definition) is 2. The van der Waals surface area contributed by atoms with Crippen LogP contribution < -0.4 is 10.6 Å². The number of amides is 1. The molecule has 2 aromatic carbocycles. The molecular formula is C22H21FN6O. The number of aryl methyl sites for hydroxylation is 1. The van der Waals surface area contributed by atoms with Gasteiger partial charge in [0.05, 0.1) is 5.52 Å². The molecule has 5 rings (SSSR count). The van der Waals surface area contributed by atoms with Crippen LogP contribution in [-0.4, -0.2) is 38.1 Å². The van der Waals surface area contributed by atoms with Crippen molar-refractivity contribution in [2.75, 3.05) is 11.9 Å². The van der Waals surface area contributed by atoms with Crippen LogP contribution in [0.1, 0.15) is 24.8 Å². The van der Waals surface area contributed by atoms with Crippen LogP contribution in [0, 0.1) is 12.7 Å². The monoisotopic (exact) mass is 404 g/mol. The third kappa shape index (κ3) is 3.24. The Labute approximate surface area is 172 Å². The quantitative estimate of drug-likeness (QED) is 0.546. The number of fused-ring (bicyclic) bond motifs is 3. The first-order valence-corrected chi connectivity index (χ1v) is 10.1. The van der Waals surface area contributed by atoms with Crippen LogP contribution in [-0.2, 0) is 4.79 Å². The van der Waals surface area contributed by atoms with E-state index in [0.717, 1.165) is 35.7 Å². The van der Waals surface area contributed by atoms with Gasteiger partial charge in [0.15, 0.2) is 11.5 Å². The Balaban J connectivity index is 1.68. The zero-order valence-corrected chi connectivity index (χ0v) is 16.5. The van der Waals surface area contributed by atoms with Gasteiger partial charge in [0.2, 0.25) is 11.9 Å². The minimum Gasteiger partial charge on any atom is -0.354 e. The highest BCUT2D eigenvalue weighted by molar-refractivity contribution is 5.95. The number of carbonyl (C=O) groups is 1. The van der Waals surface area contributed by atoms with Gasteiger partial charge in [0, 0.05) is 17.5 Å². The molecule has 30 heavy (non-hydrogen) atoms. The van der Waals surface area contributed by atoms with E-state index in [-0.39, 0.29) is 17.8 Å². The molecule has 1 atom stereocenters. The number of para-hydroxylation sites is 1. The fourth-order valence-electron chi connectivity index (χ4n) is 3.82. The van der Waals surface area contributed by atoms with Crippen LogP contribution in [0.25, 0.3) is 27.9 Å². The Morgan fingerprint density at radius 1 is 1.13 bits per heavy atom. The van der Waals surface area contributed by atoms with E-state index in [2.05, 4.69) is 15.7 Å². The Kier molecular flexibility index (Phi) is 4.54. The Morgan fingerprint density at radius 3 is 2.80 bits per heavy atom. The lowest BCUT2D eigenvalue weighted by Gasteiger charge is -2.17. The summed E-state index contributed by atoms with van der Waals surface area (Å²) in [6, 6.07) is 11.6. The predicted octanol–water partition coefficient (Wildman–Crippen LogP) is 3.47. The number of benzene rings is 2. The third-order valence-corrected chi connectivity index (χ3v) is 5.45. The van der Waals surface area contributed by atoms with Gasteiger partial charge in [-0.15, -0.1) is 5.10 Å². The number of rotatable bonds is 3. The third-order valence-electron chi connectivity index (χ3n) is 5.45. The second-order valence-electron chi connectivity index (χ2n) is 7.57. The summed E-state index contributed by atoms with van der Waals surface area (Å²) in [7, 11) is 0. The van der Waals surface area contributed by atoms with Gasteiger partial charge in [-0.2, -0.15) is 4.52 Å². The summed E-state index contributed by atoms with van der Waals surface area (Å²) in [5, 5.41) is 11.7. The predicted molar refractivity (Wildman–Crippen MR) is 113 cm³/mol. The van der Waals surface area contributed by atoms with Gasteiger partial charge in [-0.1, -0.05) is 12.1 Å².